The van der Waals surface area contributed by atoms with Crippen LogP contribution in [0.15, 0.2) is 24.3 Å². The fraction of sp³-hybridized carbons (Fsp3) is 0.455. The predicted molar refractivity (Wildman–Crippen MR) is 73.6 cm³/mol. The summed E-state index contributed by atoms with van der Waals surface area (Å²) in [6.07, 6.45) is 1.07. The van der Waals surface area contributed by atoms with E-state index in [1.54, 1.807) is 32.0 Å². The third-order valence-electron chi connectivity index (χ3n) is 2.28. The standard InChI is InChI=1S/C11H17N3O4S/c1-11(2,13-19(3,17)18)8-12-9-6-4-5-7-10(9)14(15)16/h4-7,12-13H,8H2,1-3H3. The highest BCUT2D eigenvalue weighted by Gasteiger charge is 2.23. The highest BCUT2D eigenvalue weighted by molar-refractivity contribution is 7.88. The number of benzene rings is 1. The van der Waals surface area contributed by atoms with Crippen LogP contribution in [0, 0.1) is 10.1 Å². The van der Waals surface area contributed by atoms with Gasteiger partial charge in [0.25, 0.3) is 5.69 Å². The summed E-state index contributed by atoms with van der Waals surface area (Å²) in [6, 6.07) is 6.21. The zero-order valence-electron chi connectivity index (χ0n) is 11.0. The summed E-state index contributed by atoms with van der Waals surface area (Å²) in [5.74, 6) is 0. The van der Waals surface area contributed by atoms with E-state index >= 15 is 0 Å². The molecular formula is C11H17N3O4S. The summed E-state index contributed by atoms with van der Waals surface area (Å²) in [5.41, 5.74) is -0.439. The Morgan fingerprint density at radius 2 is 1.89 bits per heavy atom. The molecule has 0 fully saturated rings. The Bertz CT molecular complexity index is 569. The molecule has 8 heteroatoms. The lowest BCUT2D eigenvalue weighted by atomic mass is 10.1. The second-order valence-electron chi connectivity index (χ2n) is 4.89. The molecule has 2 N–H and O–H groups in total. The Kier molecular flexibility index (Phi) is 4.48. The number of hydrogen-bond donors (Lipinski definition) is 2. The second kappa shape index (κ2) is 5.54. The summed E-state index contributed by atoms with van der Waals surface area (Å²) in [7, 11) is -3.34. The van der Waals surface area contributed by atoms with Crippen molar-refractivity contribution in [2.75, 3.05) is 18.1 Å². The van der Waals surface area contributed by atoms with Crippen LogP contribution < -0.4 is 10.0 Å². The molecule has 0 unspecified atom stereocenters. The molecule has 1 aromatic carbocycles. The van der Waals surface area contributed by atoms with Crippen molar-refractivity contribution in [2.24, 2.45) is 0 Å². The molecule has 1 aromatic rings. The lowest BCUT2D eigenvalue weighted by Crippen LogP contribution is -2.47. The Balaban J connectivity index is 2.80. The molecule has 19 heavy (non-hydrogen) atoms. The zero-order valence-corrected chi connectivity index (χ0v) is 11.8. The molecule has 0 saturated heterocycles. The van der Waals surface area contributed by atoms with Crippen molar-refractivity contribution in [1.82, 2.24) is 4.72 Å². The Morgan fingerprint density at radius 1 is 1.32 bits per heavy atom. The van der Waals surface area contributed by atoms with Crippen LogP contribution in [0.4, 0.5) is 11.4 Å². The number of anilines is 1. The maximum Gasteiger partial charge on any atom is 0.292 e. The monoisotopic (exact) mass is 287 g/mol. The van der Waals surface area contributed by atoms with Crippen molar-refractivity contribution in [2.45, 2.75) is 19.4 Å². The van der Waals surface area contributed by atoms with Crippen molar-refractivity contribution < 1.29 is 13.3 Å². The van der Waals surface area contributed by atoms with Crippen molar-refractivity contribution in [3.05, 3.63) is 34.4 Å². The minimum Gasteiger partial charge on any atom is -0.378 e. The third kappa shape index (κ3) is 5.23. The van der Waals surface area contributed by atoms with Crippen molar-refractivity contribution >= 4 is 21.4 Å². The molecule has 0 aromatic heterocycles. The van der Waals surface area contributed by atoms with Crippen LogP contribution in [0.1, 0.15) is 13.8 Å². The quantitative estimate of drug-likeness (QED) is 0.607. The van der Waals surface area contributed by atoms with E-state index in [9.17, 15) is 18.5 Å². The van der Waals surface area contributed by atoms with Crippen LogP contribution in [0.25, 0.3) is 0 Å². The summed E-state index contributed by atoms with van der Waals surface area (Å²) < 4.78 is 24.8. The molecule has 7 nitrogen and oxygen atoms in total. The largest absolute Gasteiger partial charge is 0.378 e. The van der Waals surface area contributed by atoms with Crippen molar-refractivity contribution in [1.29, 1.82) is 0 Å². The second-order valence-corrected chi connectivity index (χ2v) is 6.63. The normalized spacial score (nSPS) is 12.2. The van der Waals surface area contributed by atoms with E-state index < -0.39 is 20.5 Å². The molecule has 0 aliphatic heterocycles. The van der Waals surface area contributed by atoms with E-state index in [2.05, 4.69) is 10.0 Å². The van der Waals surface area contributed by atoms with Crippen LogP contribution in [0.2, 0.25) is 0 Å². The fourth-order valence-corrected chi connectivity index (χ4v) is 2.71. The molecular weight excluding hydrogens is 270 g/mol. The molecule has 0 bridgehead atoms. The first-order valence-corrected chi connectivity index (χ1v) is 7.46. The number of hydrogen-bond acceptors (Lipinski definition) is 5. The van der Waals surface area contributed by atoms with E-state index in [0.717, 1.165) is 6.26 Å². The number of nitrogens with zero attached hydrogens (tertiary/aromatic N) is 1. The van der Waals surface area contributed by atoms with Crippen molar-refractivity contribution in [3.63, 3.8) is 0 Å². The Labute approximate surface area is 112 Å². The van der Waals surface area contributed by atoms with Gasteiger partial charge < -0.3 is 5.32 Å². The minimum atomic E-state index is -3.34. The van der Waals surface area contributed by atoms with Gasteiger partial charge in [0.1, 0.15) is 5.69 Å². The van der Waals surface area contributed by atoms with Crippen LogP contribution in [0.3, 0.4) is 0 Å². The van der Waals surface area contributed by atoms with E-state index in [0.29, 0.717) is 5.69 Å². The number of rotatable bonds is 6. The zero-order chi connectivity index (χ0) is 14.7. The lowest BCUT2D eigenvalue weighted by molar-refractivity contribution is -0.384. The molecule has 0 aliphatic rings. The maximum absolute atomic E-state index is 11.2. The smallest absolute Gasteiger partial charge is 0.292 e. The first-order chi connectivity index (χ1) is 8.61. The van der Waals surface area contributed by atoms with Gasteiger partial charge in [-0.15, -0.1) is 0 Å². The molecule has 0 heterocycles. The SMILES string of the molecule is CC(C)(CNc1ccccc1[N+](=O)[O-])NS(C)(=O)=O. The molecule has 0 aliphatic carbocycles. The number of sulfonamides is 1. The van der Waals surface area contributed by atoms with Gasteiger partial charge in [0.15, 0.2) is 0 Å². The molecule has 1 rings (SSSR count). The van der Waals surface area contributed by atoms with Gasteiger partial charge in [-0.25, -0.2) is 13.1 Å². The molecule has 0 saturated carbocycles. The number of para-hydroxylation sites is 2. The molecule has 0 atom stereocenters. The fourth-order valence-electron chi connectivity index (χ4n) is 1.64. The molecule has 0 spiro atoms. The Morgan fingerprint density at radius 3 is 2.42 bits per heavy atom. The summed E-state index contributed by atoms with van der Waals surface area (Å²) in [6.45, 7) is 3.61. The molecule has 0 amide bonds. The molecule has 0 radical (unpaired) electrons. The van der Waals surface area contributed by atoms with Gasteiger partial charge in [-0.3, -0.25) is 10.1 Å². The van der Waals surface area contributed by atoms with Gasteiger partial charge in [0.2, 0.25) is 10.0 Å². The van der Waals surface area contributed by atoms with Crippen LogP contribution in [-0.4, -0.2) is 31.7 Å². The average Bonchev–Trinajstić information content (AvgIpc) is 2.23. The highest BCUT2D eigenvalue weighted by atomic mass is 32.2. The first kappa shape index (κ1) is 15.4. The van der Waals surface area contributed by atoms with Crippen LogP contribution in [0.5, 0.6) is 0 Å². The van der Waals surface area contributed by atoms with Crippen LogP contribution in [-0.2, 0) is 10.0 Å². The van der Waals surface area contributed by atoms with E-state index in [4.69, 9.17) is 0 Å². The van der Waals surface area contributed by atoms with Crippen LogP contribution >= 0.6 is 0 Å². The number of nitro benzene ring substituents is 1. The lowest BCUT2D eigenvalue weighted by Gasteiger charge is -2.25. The number of nitro groups is 1. The van der Waals surface area contributed by atoms with Gasteiger partial charge >= 0.3 is 0 Å². The van der Waals surface area contributed by atoms with Gasteiger partial charge in [0.05, 0.1) is 11.2 Å². The highest BCUT2D eigenvalue weighted by Crippen LogP contribution is 2.23. The van der Waals surface area contributed by atoms with Gasteiger partial charge in [-0.05, 0) is 19.9 Å². The summed E-state index contributed by atoms with van der Waals surface area (Å²) in [5, 5.41) is 13.7. The van der Waals surface area contributed by atoms with E-state index in [1.807, 2.05) is 0 Å². The van der Waals surface area contributed by atoms with Crippen molar-refractivity contribution in [3.8, 4) is 0 Å². The van der Waals surface area contributed by atoms with E-state index in [1.165, 1.54) is 6.07 Å². The van der Waals surface area contributed by atoms with Gasteiger partial charge in [-0.1, -0.05) is 12.1 Å². The van der Waals surface area contributed by atoms with Gasteiger partial charge in [0, 0.05) is 18.2 Å². The predicted octanol–water partition coefficient (Wildman–Crippen LogP) is 1.33. The van der Waals surface area contributed by atoms with Gasteiger partial charge in [-0.2, -0.15) is 0 Å². The molecule has 106 valence electrons. The first-order valence-electron chi connectivity index (χ1n) is 5.57. The topological polar surface area (TPSA) is 101 Å². The summed E-state index contributed by atoms with van der Waals surface area (Å²) >= 11 is 0. The number of nitrogens with one attached hydrogen (secondary N) is 2. The summed E-state index contributed by atoms with van der Waals surface area (Å²) in [4.78, 5) is 10.3. The minimum absolute atomic E-state index is 0.0438. The maximum atomic E-state index is 11.2. The van der Waals surface area contributed by atoms with E-state index in [-0.39, 0.29) is 12.2 Å². The third-order valence-corrected chi connectivity index (χ3v) is 3.21. The Hall–Kier alpha value is -1.67. The average molecular weight is 287 g/mol.